The Morgan fingerprint density at radius 2 is 1.11 bits per heavy atom. The van der Waals surface area contributed by atoms with E-state index < -0.39 is 18.9 Å². The summed E-state index contributed by atoms with van der Waals surface area (Å²) in [4.78, 5) is 0. The summed E-state index contributed by atoms with van der Waals surface area (Å²) in [5.74, 6) is 0. The van der Waals surface area contributed by atoms with Gasteiger partial charge in [0.2, 0.25) is 0 Å². The van der Waals surface area contributed by atoms with Crippen molar-refractivity contribution in [2.24, 2.45) is 0 Å². The summed E-state index contributed by atoms with van der Waals surface area (Å²) in [5, 5.41) is 1.58. The van der Waals surface area contributed by atoms with E-state index in [1.165, 1.54) is 12.1 Å². The van der Waals surface area contributed by atoms with Gasteiger partial charge in [-0.15, -0.1) is 0 Å². The summed E-state index contributed by atoms with van der Waals surface area (Å²) >= 11 is 0. The van der Waals surface area contributed by atoms with E-state index in [1.54, 1.807) is 42.7 Å². The minimum absolute atomic E-state index is 0.0178. The van der Waals surface area contributed by atoms with Crippen LogP contribution in [-0.4, -0.2) is 0 Å². The van der Waals surface area contributed by atoms with Gasteiger partial charge in [-0.25, -0.2) is 4.57 Å². The van der Waals surface area contributed by atoms with Crippen molar-refractivity contribution in [3.63, 3.8) is 0 Å². The van der Waals surface area contributed by atoms with E-state index in [-0.39, 0.29) is 5.56 Å². The molecule has 0 bridgehead atoms. The molecule has 0 amide bonds. The second kappa shape index (κ2) is 11.0. The van der Waals surface area contributed by atoms with E-state index in [2.05, 4.69) is 0 Å². The first-order valence-electron chi connectivity index (χ1n) is 14.3. The van der Waals surface area contributed by atoms with Gasteiger partial charge < -0.3 is 4.57 Å². The van der Waals surface area contributed by atoms with Crippen LogP contribution in [-0.2, 0) is 23.8 Å². The van der Waals surface area contributed by atoms with Gasteiger partial charge in [0.05, 0.1) is 10.9 Å². The first-order valence-corrected chi connectivity index (χ1v) is 16.0. The van der Waals surface area contributed by atoms with Gasteiger partial charge in [-0.1, -0.05) is 91.0 Å². The van der Waals surface area contributed by atoms with Gasteiger partial charge in [0.1, 0.15) is 0 Å². The van der Waals surface area contributed by atoms with Crippen molar-refractivity contribution in [2.45, 2.75) is 19.3 Å². The molecule has 6 aromatic rings. The summed E-state index contributed by atoms with van der Waals surface area (Å²) in [6.07, 6.45) is 2.65. The van der Waals surface area contributed by atoms with E-state index >= 15 is 4.57 Å². The Labute approximate surface area is 253 Å². The summed E-state index contributed by atoms with van der Waals surface area (Å²) in [6.45, 7) is 1.14. The van der Waals surface area contributed by atoms with Crippen molar-refractivity contribution < 1.29 is 26.9 Å². The molecule has 3 heterocycles. The Hall–Kier alpha value is -4.80. The Balaban J connectivity index is 1.38. The van der Waals surface area contributed by atoms with Crippen LogP contribution in [0.4, 0.5) is 13.2 Å². The monoisotopic (exact) mass is 604 g/mol. The standard InChI is InChI=1S/C37H28F3N2OP/c38-37(39,40)34-22-33-31-18-21-42(25-28-12-6-2-7-13-28)26-36(31)44(43,30-14-8-3-9-15-30)35(33)23-32(34)29-16-19-41(20-17-29)24-27-10-4-1-5-11-27/h1-23,26H,24-25H2/q+2. The van der Waals surface area contributed by atoms with Crippen LogP contribution in [0.2, 0.25) is 0 Å². The maximum atomic E-state index is 15.4. The molecule has 1 aliphatic heterocycles. The molecule has 216 valence electrons. The van der Waals surface area contributed by atoms with Gasteiger partial charge in [-0.2, -0.15) is 17.7 Å². The molecular weight excluding hydrogens is 576 g/mol. The Morgan fingerprint density at radius 3 is 1.70 bits per heavy atom. The molecule has 2 aromatic heterocycles. The van der Waals surface area contributed by atoms with Crippen molar-refractivity contribution >= 4 is 23.1 Å². The molecule has 44 heavy (non-hydrogen) atoms. The third-order valence-electron chi connectivity index (χ3n) is 8.14. The van der Waals surface area contributed by atoms with Crippen molar-refractivity contribution in [1.82, 2.24) is 0 Å². The zero-order valence-electron chi connectivity index (χ0n) is 23.7. The Kier molecular flexibility index (Phi) is 7.02. The van der Waals surface area contributed by atoms with Crippen molar-refractivity contribution in [3.8, 4) is 22.3 Å². The van der Waals surface area contributed by atoms with Crippen LogP contribution in [0, 0.1) is 0 Å². The topological polar surface area (TPSA) is 24.8 Å². The predicted molar refractivity (Wildman–Crippen MR) is 167 cm³/mol. The fraction of sp³-hybridized carbons (Fsp3) is 0.0811. The molecule has 0 radical (unpaired) electrons. The van der Waals surface area contributed by atoms with Gasteiger partial charge in [-0.3, -0.25) is 0 Å². The lowest BCUT2D eigenvalue weighted by Gasteiger charge is -2.18. The van der Waals surface area contributed by atoms with Gasteiger partial charge in [0.25, 0.3) is 0 Å². The zero-order chi connectivity index (χ0) is 30.3. The van der Waals surface area contributed by atoms with E-state index in [1.807, 2.05) is 100 Å². The zero-order valence-corrected chi connectivity index (χ0v) is 24.5. The van der Waals surface area contributed by atoms with E-state index in [0.717, 1.165) is 11.1 Å². The Morgan fingerprint density at radius 1 is 0.568 bits per heavy atom. The molecular formula is C37H28F3N2OP+2. The number of alkyl halides is 3. The molecule has 1 aliphatic rings. The first kappa shape index (κ1) is 28.0. The fourth-order valence-electron chi connectivity index (χ4n) is 6.02. The maximum absolute atomic E-state index is 15.4. The smallest absolute Gasteiger partial charge is 0.308 e. The summed E-state index contributed by atoms with van der Waals surface area (Å²) in [6, 6.07) is 36.8. The largest absolute Gasteiger partial charge is 0.417 e. The van der Waals surface area contributed by atoms with Crippen LogP contribution >= 0.6 is 7.14 Å². The average Bonchev–Trinajstić information content (AvgIpc) is 3.29. The molecule has 3 nitrogen and oxygen atoms in total. The van der Waals surface area contributed by atoms with Crippen LogP contribution in [0.5, 0.6) is 0 Å². The quantitative estimate of drug-likeness (QED) is 0.154. The molecule has 0 saturated heterocycles. The number of hydrogen-bond acceptors (Lipinski definition) is 1. The molecule has 1 unspecified atom stereocenters. The highest BCUT2D eigenvalue weighted by atomic mass is 31.2. The van der Waals surface area contributed by atoms with Crippen molar-refractivity contribution in [3.05, 3.63) is 163 Å². The number of hydrogen-bond donors (Lipinski definition) is 0. The molecule has 0 N–H and O–H groups in total. The molecule has 0 saturated carbocycles. The number of pyridine rings is 2. The highest BCUT2D eigenvalue weighted by molar-refractivity contribution is 7.86. The number of aromatic nitrogens is 2. The molecule has 0 spiro atoms. The Bertz CT molecular complexity index is 2010. The summed E-state index contributed by atoms with van der Waals surface area (Å²) < 4.78 is 63.3. The average molecular weight is 605 g/mol. The number of rotatable bonds is 6. The second-order valence-electron chi connectivity index (χ2n) is 11.0. The SMILES string of the molecule is O=P1(c2ccccc2)c2cc(-c3cc[n+](Cc4ccccc4)cc3)c(C(F)(F)F)cc2-c2cc[n+](Cc3ccccc3)cc21. The number of halogens is 3. The van der Waals surface area contributed by atoms with Crippen LogP contribution < -0.4 is 25.0 Å². The molecule has 0 aliphatic carbocycles. The minimum Gasteiger partial charge on any atom is -0.308 e. The fourth-order valence-corrected chi connectivity index (χ4v) is 9.11. The van der Waals surface area contributed by atoms with Gasteiger partial charge >= 0.3 is 6.18 Å². The minimum atomic E-state index is -4.61. The number of benzene rings is 4. The van der Waals surface area contributed by atoms with Crippen LogP contribution in [0.3, 0.4) is 0 Å². The normalized spacial score (nSPS) is 15.5. The van der Waals surface area contributed by atoms with E-state index in [4.69, 9.17) is 0 Å². The molecule has 0 fully saturated rings. The van der Waals surface area contributed by atoms with Crippen molar-refractivity contribution in [1.29, 1.82) is 0 Å². The maximum Gasteiger partial charge on any atom is 0.417 e. The highest BCUT2D eigenvalue weighted by Gasteiger charge is 2.45. The lowest BCUT2D eigenvalue weighted by molar-refractivity contribution is -0.688. The molecule has 7 rings (SSSR count). The number of nitrogens with zero attached hydrogens (tertiary/aromatic N) is 2. The summed E-state index contributed by atoms with van der Waals surface area (Å²) in [7, 11) is -3.50. The third-order valence-corrected chi connectivity index (χ3v) is 11.3. The summed E-state index contributed by atoms with van der Waals surface area (Å²) in [5.41, 5.74) is 2.78. The third kappa shape index (κ3) is 5.06. The van der Waals surface area contributed by atoms with Gasteiger partial charge in [-0.05, 0) is 28.8 Å². The van der Waals surface area contributed by atoms with Crippen LogP contribution in [0.25, 0.3) is 22.3 Å². The highest BCUT2D eigenvalue weighted by Crippen LogP contribution is 2.54. The molecule has 7 heteroatoms. The van der Waals surface area contributed by atoms with Crippen LogP contribution in [0.15, 0.2) is 146 Å². The number of fused-ring (bicyclic) bond motifs is 3. The molecule has 4 aromatic carbocycles. The first-order chi connectivity index (χ1) is 21.3. The van der Waals surface area contributed by atoms with E-state index in [0.29, 0.717) is 45.7 Å². The predicted octanol–water partition coefficient (Wildman–Crippen LogP) is 6.66. The van der Waals surface area contributed by atoms with Gasteiger partial charge in [0.15, 0.2) is 45.0 Å². The van der Waals surface area contributed by atoms with Gasteiger partial charge in [0, 0.05) is 45.5 Å². The van der Waals surface area contributed by atoms with Crippen LogP contribution in [0.1, 0.15) is 16.7 Å². The lowest BCUT2D eigenvalue weighted by Crippen LogP contribution is -2.37. The lowest BCUT2D eigenvalue weighted by atomic mass is 9.95. The van der Waals surface area contributed by atoms with E-state index in [9.17, 15) is 13.2 Å². The second-order valence-corrected chi connectivity index (χ2v) is 13.7. The molecule has 1 atom stereocenters. The van der Waals surface area contributed by atoms with Crippen molar-refractivity contribution in [2.75, 3.05) is 0 Å².